The van der Waals surface area contributed by atoms with Crippen LogP contribution in [0.25, 0.3) is 0 Å². The van der Waals surface area contributed by atoms with Gasteiger partial charge in [0.05, 0.1) is 4.90 Å². The number of esters is 1. The fraction of sp³-hybridized carbons (Fsp3) is 0.231. The summed E-state index contributed by atoms with van der Waals surface area (Å²) in [4.78, 5) is 15.6. The molecule has 0 unspecified atom stereocenters. The minimum absolute atomic E-state index is 0.131. The van der Waals surface area contributed by atoms with Crippen molar-refractivity contribution in [2.24, 2.45) is 4.99 Å². The standard InChI is InChI=1S/C13H14N2O4S/c1-9(2)8-19-12(16)7-14-13-10-5-3-4-6-11(10)20(17,18)15-13/h3-6H,1,7-8H2,2H3,(H,14,15). The Hall–Kier alpha value is -2.15. The van der Waals surface area contributed by atoms with E-state index in [0.29, 0.717) is 5.56 Å². The van der Waals surface area contributed by atoms with E-state index >= 15 is 0 Å². The molecule has 0 fully saturated rings. The molecule has 2 rings (SSSR count). The van der Waals surface area contributed by atoms with Crippen molar-refractivity contribution in [3.63, 3.8) is 0 Å². The fourth-order valence-electron chi connectivity index (χ4n) is 1.64. The van der Waals surface area contributed by atoms with E-state index in [-0.39, 0.29) is 23.9 Å². The zero-order valence-electron chi connectivity index (χ0n) is 10.9. The molecule has 0 aliphatic carbocycles. The summed E-state index contributed by atoms with van der Waals surface area (Å²) < 4.78 is 30.8. The number of amidine groups is 1. The molecule has 0 bridgehead atoms. The molecule has 20 heavy (non-hydrogen) atoms. The molecule has 0 amide bonds. The number of rotatable bonds is 4. The first-order chi connectivity index (χ1) is 9.40. The van der Waals surface area contributed by atoms with Crippen molar-refractivity contribution in [3.05, 3.63) is 42.0 Å². The second-order valence-electron chi connectivity index (χ2n) is 4.38. The lowest BCUT2D eigenvalue weighted by atomic mass is 10.2. The van der Waals surface area contributed by atoms with Gasteiger partial charge in [0.15, 0.2) is 0 Å². The van der Waals surface area contributed by atoms with Gasteiger partial charge < -0.3 is 4.74 Å². The van der Waals surface area contributed by atoms with Gasteiger partial charge in [0.2, 0.25) is 0 Å². The first kappa shape index (κ1) is 14.3. The predicted molar refractivity (Wildman–Crippen MR) is 73.9 cm³/mol. The van der Waals surface area contributed by atoms with Crippen LogP contribution in [0.4, 0.5) is 0 Å². The molecule has 0 atom stereocenters. The van der Waals surface area contributed by atoms with E-state index in [1.165, 1.54) is 6.07 Å². The van der Waals surface area contributed by atoms with Gasteiger partial charge >= 0.3 is 5.97 Å². The number of hydrogen-bond donors (Lipinski definition) is 1. The lowest BCUT2D eigenvalue weighted by Gasteiger charge is -2.02. The monoisotopic (exact) mass is 294 g/mol. The molecule has 7 heteroatoms. The normalized spacial score (nSPS) is 17.4. The molecule has 0 spiro atoms. The Balaban J connectivity index is 2.13. The number of sulfonamides is 1. The van der Waals surface area contributed by atoms with Gasteiger partial charge in [0, 0.05) is 5.56 Å². The summed E-state index contributed by atoms with van der Waals surface area (Å²) in [6.07, 6.45) is 0. The van der Waals surface area contributed by atoms with Crippen molar-refractivity contribution in [1.82, 2.24) is 4.72 Å². The second kappa shape index (κ2) is 5.46. The summed E-state index contributed by atoms with van der Waals surface area (Å²) in [6.45, 7) is 5.23. The van der Waals surface area contributed by atoms with E-state index in [0.717, 1.165) is 5.57 Å². The molecule has 1 aliphatic rings. The Kier molecular flexibility index (Phi) is 3.89. The Labute approximate surface area is 117 Å². The largest absolute Gasteiger partial charge is 0.460 e. The first-order valence-electron chi connectivity index (χ1n) is 5.87. The molecular weight excluding hydrogens is 280 g/mol. The maximum atomic E-state index is 11.8. The van der Waals surface area contributed by atoms with E-state index in [1.54, 1.807) is 25.1 Å². The summed E-state index contributed by atoms with van der Waals surface area (Å²) in [7, 11) is -3.58. The molecule has 1 heterocycles. The molecule has 6 nitrogen and oxygen atoms in total. The number of ether oxygens (including phenoxy) is 1. The van der Waals surface area contributed by atoms with Crippen LogP contribution in [0.2, 0.25) is 0 Å². The van der Waals surface area contributed by atoms with Gasteiger partial charge in [0.1, 0.15) is 19.0 Å². The van der Waals surface area contributed by atoms with Crippen LogP contribution in [0.5, 0.6) is 0 Å². The Morgan fingerprint density at radius 3 is 2.80 bits per heavy atom. The number of hydrogen-bond acceptors (Lipinski definition) is 5. The number of nitrogens with one attached hydrogen (secondary N) is 1. The third kappa shape index (κ3) is 3.05. The van der Waals surface area contributed by atoms with Crippen molar-refractivity contribution in [2.45, 2.75) is 11.8 Å². The molecule has 1 aromatic rings. The SMILES string of the molecule is C=C(C)COC(=O)CN=C1NS(=O)(=O)c2ccccc21. The quantitative estimate of drug-likeness (QED) is 0.659. The molecule has 0 radical (unpaired) electrons. The van der Waals surface area contributed by atoms with Gasteiger partial charge in [-0.1, -0.05) is 18.7 Å². The van der Waals surface area contributed by atoms with Crippen molar-refractivity contribution in [1.29, 1.82) is 0 Å². The second-order valence-corrected chi connectivity index (χ2v) is 6.04. The third-order valence-electron chi connectivity index (χ3n) is 2.51. The lowest BCUT2D eigenvalue weighted by molar-refractivity contribution is -0.140. The third-order valence-corrected chi connectivity index (χ3v) is 3.91. The van der Waals surface area contributed by atoms with Crippen LogP contribution in [0.3, 0.4) is 0 Å². The summed E-state index contributed by atoms with van der Waals surface area (Å²) in [5, 5.41) is 0. The maximum Gasteiger partial charge on any atom is 0.328 e. The van der Waals surface area contributed by atoms with Crippen molar-refractivity contribution in [3.8, 4) is 0 Å². The Morgan fingerprint density at radius 2 is 2.10 bits per heavy atom. The number of fused-ring (bicyclic) bond motifs is 1. The van der Waals surface area contributed by atoms with Crippen LogP contribution in [0, 0.1) is 0 Å². The topological polar surface area (TPSA) is 84.8 Å². The minimum Gasteiger partial charge on any atom is -0.460 e. The fourth-order valence-corrected chi connectivity index (χ4v) is 2.90. The molecular formula is C13H14N2O4S. The van der Waals surface area contributed by atoms with Gasteiger partial charge in [-0.05, 0) is 24.6 Å². The smallest absolute Gasteiger partial charge is 0.328 e. The summed E-state index contributed by atoms with van der Waals surface area (Å²) in [5.74, 6) is -0.378. The van der Waals surface area contributed by atoms with Crippen molar-refractivity contribution in [2.75, 3.05) is 13.2 Å². The van der Waals surface area contributed by atoms with Crippen LogP contribution in [-0.2, 0) is 19.6 Å². The molecule has 1 N–H and O–H groups in total. The van der Waals surface area contributed by atoms with Crippen LogP contribution < -0.4 is 4.72 Å². The highest BCUT2D eigenvalue weighted by Crippen LogP contribution is 2.21. The minimum atomic E-state index is -3.58. The van der Waals surface area contributed by atoms with E-state index in [4.69, 9.17) is 4.74 Å². The van der Waals surface area contributed by atoms with E-state index in [1.807, 2.05) is 0 Å². The van der Waals surface area contributed by atoms with Gasteiger partial charge in [-0.25, -0.2) is 8.42 Å². The summed E-state index contributed by atoms with van der Waals surface area (Å²) >= 11 is 0. The molecule has 1 aromatic carbocycles. The van der Waals surface area contributed by atoms with Crippen LogP contribution in [0.1, 0.15) is 12.5 Å². The maximum absolute atomic E-state index is 11.8. The van der Waals surface area contributed by atoms with Gasteiger partial charge in [-0.15, -0.1) is 0 Å². The highest BCUT2D eigenvalue weighted by Gasteiger charge is 2.30. The van der Waals surface area contributed by atoms with Crippen molar-refractivity contribution >= 4 is 21.8 Å². The lowest BCUT2D eigenvalue weighted by Crippen LogP contribution is -2.23. The summed E-state index contributed by atoms with van der Waals surface area (Å²) in [6, 6.07) is 6.45. The first-order valence-corrected chi connectivity index (χ1v) is 7.35. The van der Waals surface area contributed by atoms with Crippen molar-refractivity contribution < 1.29 is 17.9 Å². The number of nitrogens with zero attached hydrogens (tertiary/aromatic N) is 1. The number of carbonyl (C=O) groups is 1. The van der Waals surface area contributed by atoms with Crippen LogP contribution >= 0.6 is 0 Å². The molecule has 0 aromatic heterocycles. The zero-order chi connectivity index (χ0) is 14.8. The van der Waals surface area contributed by atoms with Gasteiger partial charge in [-0.3, -0.25) is 14.5 Å². The number of carbonyl (C=O) groups excluding carboxylic acids is 1. The Morgan fingerprint density at radius 1 is 1.40 bits per heavy atom. The van der Waals surface area contributed by atoms with Gasteiger partial charge in [0.25, 0.3) is 10.0 Å². The average Bonchev–Trinajstić information content (AvgIpc) is 2.66. The van der Waals surface area contributed by atoms with Crippen LogP contribution in [-0.4, -0.2) is 33.4 Å². The number of aliphatic imine (C=N–C) groups is 1. The summed E-state index contributed by atoms with van der Waals surface area (Å²) in [5.41, 5.74) is 1.18. The van der Waals surface area contributed by atoms with Gasteiger partial charge in [-0.2, -0.15) is 0 Å². The van der Waals surface area contributed by atoms with E-state index < -0.39 is 16.0 Å². The Bertz CT molecular complexity index is 692. The predicted octanol–water partition coefficient (Wildman–Crippen LogP) is 0.844. The molecule has 0 saturated carbocycles. The van der Waals surface area contributed by atoms with Crippen LogP contribution in [0.15, 0.2) is 46.3 Å². The van der Waals surface area contributed by atoms with E-state index in [9.17, 15) is 13.2 Å². The molecule has 106 valence electrons. The highest BCUT2D eigenvalue weighted by molar-refractivity contribution is 7.90. The molecule has 1 aliphatic heterocycles. The highest BCUT2D eigenvalue weighted by atomic mass is 32.2. The van der Waals surface area contributed by atoms with E-state index in [2.05, 4.69) is 16.3 Å². The number of benzene rings is 1. The zero-order valence-corrected chi connectivity index (χ0v) is 11.7. The average molecular weight is 294 g/mol. The molecule has 0 saturated heterocycles.